The van der Waals surface area contributed by atoms with E-state index >= 15 is 0 Å². The molecule has 82 valence electrons. The van der Waals surface area contributed by atoms with E-state index in [1.165, 1.54) is 19.6 Å². The standard InChI is InChI=1S/C10H20N2O2/c1-13-2-3-14-10-7-12(8-10)6-9-4-11-5-9/h9-11H,2-8H2,1H3. The van der Waals surface area contributed by atoms with Gasteiger partial charge in [-0.25, -0.2) is 0 Å². The van der Waals surface area contributed by atoms with E-state index in [-0.39, 0.29) is 0 Å². The Morgan fingerprint density at radius 2 is 2.07 bits per heavy atom. The Balaban J connectivity index is 1.47. The highest BCUT2D eigenvalue weighted by Crippen LogP contribution is 2.15. The Hall–Kier alpha value is -0.160. The molecule has 0 spiro atoms. The summed E-state index contributed by atoms with van der Waals surface area (Å²) in [6.45, 7) is 7.32. The number of likely N-dealkylation sites (tertiary alicyclic amines) is 1. The van der Waals surface area contributed by atoms with Gasteiger partial charge in [-0.2, -0.15) is 0 Å². The van der Waals surface area contributed by atoms with Crippen molar-refractivity contribution in [3.05, 3.63) is 0 Å². The lowest BCUT2D eigenvalue weighted by molar-refractivity contribution is -0.0729. The quantitative estimate of drug-likeness (QED) is 0.589. The summed E-state index contributed by atoms with van der Waals surface area (Å²) < 4.78 is 10.5. The maximum atomic E-state index is 5.60. The summed E-state index contributed by atoms with van der Waals surface area (Å²) in [5.74, 6) is 0.884. The van der Waals surface area contributed by atoms with Crippen molar-refractivity contribution in [1.29, 1.82) is 0 Å². The second-order valence-corrected chi connectivity index (χ2v) is 4.23. The monoisotopic (exact) mass is 200 g/mol. The fraction of sp³-hybridized carbons (Fsp3) is 1.00. The zero-order valence-electron chi connectivity index (χ0n) is 8.87. The number of methoxy groups -OCH3 is 1. The Morgan fingerprint density at radius 1 is 1.29 bits per heavy atom. The van der Waals surface area contributed by atoms with Gasteiger partial charge in [0.15, 0.2) is 0 Å². The van der Waals surface area contributed by atoms with Crippen LogP contribution < -0.4 is 5.32 Å². The largest absolute Gasteiger partial charge is 0.382 e. The highest BCUT2D eigenvalue weighted by molar-refractivity contribution is 4.86. The number of ether oxygens (including phenoxy) is 2. The maximum absolute atomic E-state index is 5.60. The number of rotatable bonds is 6. The molecule has 0 atom stereocenters. The molecule has 0 bridgehead atoms. The third kappa shape index (κ3) is 2.67. The smallest absolute Gasteiger partial charge is 0.0829 e. The molecule has 0 unspecified atom stereocenters. The summed E-state index contributed by atoms with van der Waals surface area (Å²) in [6, 6.07) is 0. The molecule has 14 heavy (non-hydrogen) atoms. The summed E-state index contributed by atoms with van der Waals surface area (Å²) in [7, 11) is 1.71. The molecule has 0 aromatic heterocycles. The van der Waals surface area contributed by atoms with E-state index < -0.39 is 0 Å². The molecular formula is C10H20N2O2. The molecule has 2 rings (SSSR count). The van der Waals surface area contributed by atoms with E-state index in [1.54, 1.807) is 7.11 Å². The number of hydrogen-bond acceptors (Lipinski definition) is 4. The minimum Gasteiger partial charge on any atom is -0.382 e. The van der Waals surface area contributed by atoms with E-state index in [4.69, 9.17) is 9.47 Å². The molecular weight excluding hydrogens is 180 g/mol. The summed E-state index contributed by atoms with van der Waals surface area (Å²) in [6.07, 6.45) is 0.457. The van der Waals surface area contributed by atoms with E-state index in [0.717, 1.165) is 25.6 Å². The van der Waals surface area contributed by atoms with Crippen LogP contribution in [-0.2, 0) is 9.47 Å². The zero-order valence-corrected chi connectivity index (χ0v) is 8.87. The van der Waals surface area contributed by atoms with Crippen molar-refractivity contribution in [3.8, 4) is 0 Å². The van der Waals surface area contributed by atoms with Gasteiger partial charge >= 0.3 is 0 Å². The predicted molar refractivity (Wildman–Crippen MR) is 54.4 cm³/mol. The van der Waals surface area contributed by atoms with Crippen LogP contribution in [-0.4, -0.2) is 64.1 Å². The van der Waals surface area contributed by atoms with Crippen LogP contribution in [0.25, 0.3) is 0 Å². The van der Waals surface area contributed by atoms with Crippen molar-refractivity contribution >= 4 is 0 Å². The average Bonchev–Trinajstić information content (AvgIpc) is 2.04. The summed E-state index contributed by atoms with van der Waals surface area (Å²) >= 11 is 0. The first-order valence-electron chi connectivity index (χ1n) is 5.42. The SMILES string of the molecule is COCCOC1CN(CC2CNC2)C1. The lowest BCUT2D eigenvalue weighted by atomic mass is 10.0. The molecule has 0 amide bonds. The molecule has 0 aromatic rings. The molecule has 0 aromatic carbocycles. The molecule has 4 nitrogen and oxygen atoms in total. The lowest BCUT2D eigenvalue weighted by Gasteiger charge is -2.42. The molecule has 2 aliphatic rings. The second-order valence-electron chi connectivity index (χ2n) is 4.23. The fourth-order valence-corrected chi connectivity index (χ4v) is 1.92. The highest BCUT2D eigenvalue weighted by Gasteiger charge is 2.30. The predicted octanol–water partition coefficient (Wildman–Crippen LogP) is -0.447. The highest BCUT2D eigenvalue weighted by atomic mass is 16.5. The van der Waals surface area contributed by atoms with Gasteiger partial charge in [-0.15, -0.1) is 0 Å². The van der Waals surface area contributed by atoms with Crippen LogP contribution in [0.15, 0.2) is 0 Å². The van der Waals surface area contributed by atoms with Gasteiger partial charge in [0.2, 0.25) is 0 Å². The van der Waals surface area contributed by atoms with Crippen molar-refractivity contribution in [1.82, 2.24) is 10.2 Å². The molecule has 0 saturated carbocycles. The van der Waals surface area contributed by atoms with E-state index in [2.05, 4.69) is 10.2 Å². The summed E-state index contributed by atoms with van der Waals surface area (Å²) in [5, 5.41) is 3.29. The molecule has 2 heterocycles. The van der Waals surface area contributed by atoms with E-state index in [9.17, 15) is 0 Å². The Bertz CT molecular complexity index is 168. The van der Waals surface area contributed by atoms with Crippen molar-refractivity contribution in [2.24, 2.45) is 5.92 Å². The topological polar surface area (TPSA) is 33.7 Å². The zero-order chi connectivity index (χ0) is 9.80. The molecule has 0 radical (unpaired) electrons. The van der Waals surface area contributed by atoms with Crippen molar-refractivity contribution in [2.45, 2.75) is 6.10 Å². The molecule has 1 N–H and O–H groups in total. The number of nitrogens with zero attached hydrogens (tertiary/aromatic N) is 1. The Kier molecular flexibility index (Phi) is 3.75. The molecule has 4 heteroatoms. The van der Waals surface area contributed by atoms with Crippen LogP contribution in [0.3, 0.4) is 0 Å². The van der Waals surface area contributed by atoms with Crippen LogP contribution >= 0.6 is 0 Å². The van der Waals surface area contributed by atoms with E-state index in [0.29, 0.717) is 12.7 Å². The number of nitrogens with one attached hydrogen (secondary N) is 1. The Morgan fingerprint density at radius 3 is 2.64 bits per heavy atom. The first-order chi connectivity index (χ1) is 6.88. The summed E-state index contributed by atoms with van der Waals surface area (Å²) in [5.41, 5.74) is 0. The van der Waals surface area contributed by atoms with Crippen LogP contribution in [0.1, 0.15) is 0 Å². The maximum Gasteiger partial charge on any atom is 0.0829 e. The molecule has 2 aliphatic heterocycles. The number of hydrogen-bond donors (Lipinski definition) is 1. The first-order valence-corrected chi connectivity index (χ1v) is 5.42. The second kappa shape index (κ2) is 5.07. The third-order valence-corrected chi connectivity index (χ3v) is 2.95. The molecule has 2 fully saturated rings. The molecule has 0 aliphatic carbocycles. The fourth-order valence-electron chi connectivity index (χ4n) is 1.92. The Labute approximate surface area is 85.5 Å². The van der Waals surface area contributed by atoms with Crippen molar-refractivity contribution in [2.75, 3.05) is 53.0 Å². The van der Waals surface area contributed by atoms with Crippen LogP contribution in [0.5, 0.6) is 0 Å². The third-order valence-electron chi connectivity index (χ3n) is 2.95. The van der Waals surface area contributed by atoms with Crippen molar-refractivity contribution < 1.29 is 9.47 Å². The summed E-state index contributed by atoms with van der Waals surface area (Å²) in [4.78, 5) is 2.48. The van der Waals surface area contributed by atoms with Gasteiger partial charge < -0.3 is 14.8 Å². The van der Waals surface area contributed by atoms with Gasteiger partial charge in [-0.1, -0.05) is 0 Å². The van der Waals surface area contributed by atoms with Gasteiger partial charge in [-0.05, 0) is 5.92 Å². The average molecular weight is 200 g/mol. The lowest BCUT2D eigenvalue weighted by Crippen LogP contribution is -2.57. The van der Waals surface area contributed by atoms with E-state index in [1.807, 2.05) is 0 Å². The molecule has 2 saturated heterocycles. The van der Waals surface area contributed by atoms with Gasteiger partial charge in [0, 0.05) is 39.8 Å². The van der Waals surface area contributed by atoms with Crippen LogP contribution in [0, 0.1) is 5.92 Å². The van der Waals surface area contributed by atoms with Gasteiger partial charge in [0.05, 0.1) is 19.3 Å². The normalized spacial score (nSPS) is 24.6. The first kappa shape index (κ1) is 10.4. The van der Waals surface area contributed by atoms with Gasteiger partial charge in [0.1, 0.15) is 0 Å². The van der Waals surface area contributed by atoms with Crippen LogP contribution in [0.2, 0.25) is 0 Å². The van der Waals surface area contributed by atoms with Gasteiger partial charge in [0.25, 0.3) is 0 Å². The minimum atomic E-state index is 0.457. The van der Waals surface area contributed by atoms with Crippen LogP contribution in [0.4, 0.5) is 0 Å². The van der Waals surface area contributed by atoms with Gasteiger partial charge in [-0.3, -0.25) is 4.90 Å². The van der Waals surface area contributed by atoms with Crippen molar-refractivity contribution in [3.63, 3.8) is 0 Å². The minimum absolute atomic E-state index is 0.457.